The number of likely N-dealkylation sites (tertiary alicyclic amines) is 1. The second-order valence-corrected chi connectivity index (χ2v) is 2.32. The Labute approximate surface area is 60.1 Å². The van der Waals surface area contributed by atoms with Gasteiger partial charge in [0.05, 0.1) is 19.2 Å². The molecule has 58 valence electrons. The molecule has 0 saturated carbocycles. The highest BCUT2D eigenvalue weighted by Crippen LogP contribution is 2.09. The van der Waals surface area contributed by atoms with Crippen molar-refractivity contribution in [3.63, 3.8) is 0 Å². The monoisotopic (exact) mass is 144 g/mol. The van der Waals surface area contributed by atoms with Gasteiger partial charge in [0.25, 0.3) is 0 Å². The lowest BCUT2D eigenvalue weighted by Crippen LogP contribution is -2.56. The van der Waals surface area contributed by atoms with Crippen molar-refractivity contribution in [3.8, 4) is 0 Å². The van der Waals surface area contributed by atoms with E-state index in [2.05, 4.69) is 5.32 Å². The van der Waals surface area contributed by atoms with E-state index in [1.807, 2.05) is 0 Å². The fraction of sp³-hybridized carbons (Fsp3) is 0.833. The summed E-state index contributed by atoms with van der Waals surface area (Å²) in [5.74, 6) is 0. The highest BCUT2D eigenvalue weighted by atomic mass is 16.5. The predicted molar refractivity (Wildman–Crippen MR) is 36.8 cm³/mol. The van der Waals surface area contributed by atoms with Crippen LogP contribution < -0.4 is 5.32 Å². The number of ether oxygens (including phenoxy) is 1. The summed E-state index contributed by atoms with van der Waals surface area (Å²) in [5, 5.41) is 2.54. The largest absolute Gasteiger partial charge is 0.378 e. The molecule has 0 spiro atoms. The van der Waals surface area contributed by atoms with Crippen LogP contribution in [0.15, 0.2) is 0 Å². The van der Waals surface area contributed by atoms with Crippen molar-refractivity contribution in [2.75, 3.05) is 27.2 Å². The molecule has 1 fully saturated rings. The Balaban J connectivity index is 2.19. The number of methoxy groups -OCH3 is 1. The van der Waals surface area contributed by atoms with E-state index in [1.54, 1.807) is 19.1 Å². The summed E-state index contributed by atoms with van der Waals surface area (Å²) in [5.41, 5.74) is 0. The lowest BCUT2D eigenvalue weighted by molar-refractivity contribution is -0.00723. The number of nitrogens with one attached hydrogen (secondary N) is 1. The van der Waals surface area contributed by atoms with Crippen molar-refractivity contribution >= 4 is 6.03 Å². The summed E-state index contributed by atoms with van der Waals surface area (Å²) in [6.07, 6.45) is 0.247. The number of carbonyl (C=O) groups excluding carboxylic acids is 1. The van der Waals surface area contributed by atoms with Crippen molar-refractivity contribution in [2.45, 2.75) is 6.10 Å². The van der Waals surface area contributed by atoms with Crippen LogP contribution in [0.1, 0.15) is 0 Å². The summed E-state index contributed by atoms with van der Waals surface area (Å²) >= 11 is 0. The fourth-order valence-corrected chi connectivity index (χ4v) is 0.911. The van der Waals surface area contributed by atoms with Crippen molar-refractivity contribution in [1.82, 2.24) is 10.2 Å². The van der Waals surface area contributed by atoms with Gasteiger partial charge in [-0.3, -0.25) is 0 Å². The molecule has 10 heavy (non-hydrogen) atoms. The minimum atomic E-state index is -0.0201. The zero-order chi connectivity index (χ0) is 7.56. The molecule has 1 saturated heterocycles. The van der Waals surface area contributed by atoms with E-state index in [-0.39, 0.29) is 12.1 Å². The second kappa shape index (κ2) is 2.88. The third-order valence-corrected chi connectivity index (χ3v) is 1.68. The Bertz CT molecular complexity index is 132. The first kappa shape index (κ1) is 7.34. The van der Waals surface area contributed by atoms with Crippen LogP contribution in [0.3, 0.4) is 0 Å². The molecule has 0 atom stereocenters. The highest BCUT2D eigenvalue weighted by Gasteiger charge is 2.29. The molecule has 0 aromatic rings. The topological polar surface area (TPSA) is 41.6 Å². The van der Waals surface area contributed by atoms with Gasteiger partial charge in [0, 0.05) is 14.2 Å². The van der Waals surface area contributed by atoms with Gasteiger partial charge in [-0.1, -0.05) is 0 Å². The lowest BCUT2D eigenvalue weighted by atomic mass is 10.2. The van der Waals surface area contributed by atoms with Crippen molar-refractivity contribution < 1.29 is 9.53 Å². The molecule has 1 rings (SSSR count). The maximum Gasteiger partial charge on any atom is 0.317 e. The van der Waals surface area contributed by atoms with E-state index in [0.29, 0.717) is 0 Å². The maximum atomic E-state index is 10.8. The molecule has 1 aliphatic rings. The molecule has 1 aliphatic heterocycles. The number of rotatable bonds is 1. The molecule has 0 aromatic carbocycles. The van der Waals surface area contributed by atoms with Crippen LogP contribution in [-0.2, 0) is 4.74 Å². The van der Waals surface area contributed by atoms with Gasteiger partial charge in [0.2, 0.25) is 0 Å². The van der Waals surface area contributed by atoms with Crippen molar-refractivity contribution in [2.24, 2.45) is 0 Å². The standard InChI is InChI=1S/C6H12N2O2/c1-7-6(9)8-3-5(4-8)10-2/h5H,3-4H2,1-2H3,(H,7,9). The molecular formula is C6H12N2O2. The van der Waals surface area contributed by atoms with Gasteiger partial charge in [0.15, 0.2) is 0 Å². The van der Waals surface area contributed by atoms with Crippen LogP contribution in [0.2, 0.25) is 0 Å². The van der Waals surface area contributed by atoms with E-state index in [0.717, 1.165) is 13.1 Å². The average Bonchev–Trinajstić information content (AvgIpc) is 1.85. The summed E-state index contributed by atoms with van der Waals surface area (Å²) in [6.45, 7) is 1.44. The van der Waals surface area contributed by atoms with Crippen molar-refractivity contribution in [1.29, 1.82) is 0 Å². The number of hydrogen-bond donors (Lipinski definition) is 1. The van der Waals surface area contributed by atoms with Gasteiger partial charge < -0.3 is 15.0 Å². The minimum absolute atomic E-state index is 0.0201. The lowest BCUT2D eigenvalue weighted by Gasteiger charge is -2.37. The summed E-state index contributed by atoms with van der Waals surface area (Å²) < 4.78 is 4.99. The van der Waals surface area contributed by atoms with Gasteiger partial charge in [-0.15, -0.1) is 0 Å². The van der Waals surface area contributed by atoms with E-state index < -0.39 is 0 Å². The average molecular weight is 144 g/mol. The van der Waals surface area contributed by atoms with Crippen LogP contribution in [0.5, 0.6) is 0 Å². The fourth-order valence-electron chi connectivity index (χ4n) is 0.911. The SMILES string of the molecule is CNC(=O)N1CC(OC)C1. The smallest absolute Gasteiger partial charge is 0.317 e. The van der Waals surface area contributed by atoms with Crippen LogP contribution in [0, 0.1) is 0 Å². The quantitative estimate of drug-likeness (QED) is 0.547. The number of amides is 2. The highest BCUT2D eigenvalue weighted by molar-refractivity contribution is 5.74. The molecular weight excluding hydrogens is 132 g/mol. The molecule has 1 N–H and O–H groups in total. The zero-order valence-electron chi connectivity index (χ0n) is 6.26. The maximum absolute atomic E-state index is 10.8. The number of urea groups is 1. The first-order chi connectivity index (χ1) is 4.77. The third kappa shape index (κ3) is 1.21. The van der Waals surface area contributed by atoms with Gasteiger partial charge in [-0.05, 0) is 0 Å². The molecule has 0 radical (unpaired) electrons. The van der Waals surface area contributed by atoms with Gasteiger partial charge in [0.1, 0.15) is 0 Å². The minimum Gasteiger partial charge on any atom is -0.378 e. The van der Waals surface area contributed by atoms with Crippen molar-refractivity contribution in [3.05, 3.63) is 0 Å². The van der Waals surface area contributed by atoms with Crippen LogP contribution in [-0.4, -0.2) is 44.3 Å². The third-order valence-electron chi connectivity index (χ3n) is 1.68. The van der Waals surface area contributed by atoms with Crippen LogP contribution in [0.25, 0.3) is 0 Å². The number of nitrogens with zero attached hydrogens (tertiary/aromatic N) is 1. The van der Waals surface area contributed by atoms with Gasteiger partial charge in [-0.25, -0.2) is 4.79 Å². The second-order valence-electron chi connectivity index (χ2n) is 2.32. The normalized spacial score (nSPS) is 18.4. The van der Waals surface area contributed by atoms with E-state index >= 15 is 0 Å². The van der Waals surface area contributed by atoms with E-state index in [1.165, 1.54) is 0 Å². The number of carbonyl (C=O) groups is 1. The Hall–Kier alpha value is -0.770. The van der Waals surface area contributed by atoms with Crippen LogP contribution in [0.4, 0.5) is 4.79 Å². The zero-order valence-corrected chi connectivity index (χ0v) is 6.26. The van der Waals surface area contributed by atoms with Gasteiger partial charge >= 0.3 is 6.03 Å². The van der Waals surface area contributed by atoms with E-state index in [4.69, 9.17) is 4.74 Å². The number of hydrogen-bond acceptors (Lipinski definition) is 2. The summed E-state index contributed by atoms with van der Waals surface area (Å²) in [7, 11) is 3.29. The predicted octanol–water partition coefficient (Wildman–Crippen LogP) is -0.344. The summed E-state index contributed by atoms with van der Waals surface area (Å²) in [4.78, 5) is 12.5. The van der Waals surface area contributed by atoms with E-state index in [9.17, 15) is 4.79 Å². The Morgan fingerprint density at radius 3 is 2.70 bits per heavy atom. The summed E-state index contributed by atoms with van der Waals surface area (Å²) in [6, 6.07) is -0.0201. The molecule has 0 unspecified atom stereocenters. The molecule has 2 amide bonds. The molecule has 4 heteroatoms. The molecule has 4 nitrogen and oxygen atoms in total. The molecule has 1 heterocycles. The Kier molecular flexibility index (Phi) is 2.11. The first-order valence-corrected chi connectivity index (χ1v) is 3.27. The molecule has 0 aliphatic carbocycles. The Morgan fingerprint density at radius 1 is 1.70 bits per heavy atom. The van der Waals surface area contributed by atoms with Gasteiger partial charge in [-0.2, -0.15) is 0 Å². The Morgan fingerprint density at radius 2 is 2.30 bits per heavy atom. The molecule has 0 aromatic heterocycles. The van der Waals surface area contributed by atoms with Crippen LogP contribution >= 0.6 is 0 Å². The first-order valence-electron chi connectivity index (χ1n) is 3.27. The molecule has 0 bridgehead atoms.